The van der Waals surface area contributed by atoms with Gasteiger partial charge in [0.2, 0.25) is 0 Å². The summed E-state index contributed by atoms with van der Waals surface area (Å²) in [6.07, 6.45) is -0.871. The summed E-state index contributed by atoms with van der Waals surface area (Å²) in [4.78, 5) is 16.5. The Bertz CT molecular complexity index is 992. The van der Waals surface area contributed by atoms with Crippen molar-refractivity contribution < 1.29 is 18.0 Å². The molecule has 30 heavy (non-hydrogen) atoms. The minimum absolute atomic E-state index is 0.120. The summed E-state index contributed by atoms with van der Waals surface area (Å²) in [6.45, 7) is 0.871. The molecule has 0 spiro atoms. The summed E-state index contributed by atoms with van der Waals surface area (Å²) in [6, 6.07) is 11.3. The highest BCUT2D eigenvalue weighted by atomic mass is 35.5. The van der Waals surface area contributed by atoms with Gasteiger partial charge in [-0.3, -0.25) is 4.79 Å². The fourth-order valence-corrected chi connectivity index (χ4v) is 3.01. The summed E-state index contributed by atoms with van der Waals surface area (Å²) in [5.41, 5.74) is -1.55. The fraction of sp³-hybridized carbons (Fsp3) is 0.250. The van der Waals surface area contributed by atoms with Crippen LogP contribution >= 0.6 is 11.6 Å². The first-order valence-corrected chi connectivity index (χ1v) is 9.58. The molecule has 3 aromatic rings. The van der Waals surface area contributed by atoms with Crippen LogP contribution in [-0.4, -0.2) is 33.8 Å². The molecule has 0 fully saturated rings. The van der Waals surface area contributed by atoms with Crippen LogP contribution in [0.1, 0.15) is 28.9 Å². The van der Waals surface area contributed by atoms with Gasteiger partial charge in [0.1, 0.15) is 5.82 Å². The van der Waals surface area contributed by atoms with Crippen LogP contribution in [0, 0.1) is 0 Å². The van der Waals surface area contributed by atoms with E-state index in [1.54, 1.807) is 6.20 Å². The number of unbranched alkanes of at least 4 members (excludes halogenated alkanes) is 1. The van der Waals surface area contributed by atoms with Crippen LogP contribution in [0.2, 0.25) is 5.02 Å². The lowest BCUT2D eigenvalue weighted by molar-refractivity contribution is -0.143. The second-order valence-electron chi connectivity index (χ2n) is 6.40. The van der Waals surface area contributed by atoms with Crippen LogP contribution in [0.15, 0.2) is 54.9 Å². The number of amides is 1. The van der Waals surface area contributed by atoms with E-state index in [1.165, 1.54) is 24.3 Å². The Morgan fingerprint density at radius 1 is 1.10 bits per heavy atom. The minimum atomic E-state index is -4.77. The molecule has 2 aromatic heterocycles. The average Bonchev–Trinajstić information content (AvgIpc) is 3.17. The maximum absolute atomic E-state index is 13.7. The standard InChI is InChI=1S/C20H19ClF3N5O/c21-14-6-5-7-15(12-14)29-18(20(22,23)24)16(13-28-29)19(30)27-11-4-3-10-26-17-8-1-2-9-25-17/h1-2,5-9,12-13H,3-4,10-11H2,(H,25,26)(H,27,30). The van der Waals surface area contributed by atoms with Crippen LogP contribution in [0.4, 0.5) is 19.0 Å². The molecule has 0 aliphatic rings. The van der Waals surface area contributed by atoms with Crippen LogP contribution in [0.3, 0.4) is 0 Å². The zero-order valence-corrected chi connectivity index (χ0v) is 16.5. The molecule has 0 bridgehead atoms. The van der Waals surface area contributed by atoms with E-state index >= 15 is 0 Å². The minimum Gasteiger partial charge on any atom is -0.370 e. The molecule has 0 saturated carbocycles. The Morgan fingerprint density at radius 3 is 2.60 bits per heavy atom. The van der Waals surface area contributed by atoms with E-state index < -0.39 is 23.3 Å². The third-order valence-electron chi connectivity index (χ3n) is 4.20. The molecule has 0 aliphatic heterocycles. The molecular formula is C20H19ClF3N5O. The van der Waals surface area contributed by atoms with Crippen molar-refractivity contribution in [3.63, 3.8) is 0 Å². The number of rotatable bonds is 8. The molecule has 158 valence electrons. The number of hydrogen-bond acceptors (Lipinski definition) is 4. The van der Waals surface area contributed by atoms with E-state index in [0.717, 1.165) is 12.0 Å². The first kappa shape index (κ1) is 21.6. The van der Waals surface area contributed by atoms with Gasteiger partial charge in [-0.2, -0.15) is 18.3 Å². The van der Waals surface area contributed by atoms with E-state index in [9.17, 15) is 18.0 Å². The van der Waals surface area contributed by atoms with Crippen LogP contribution < -0.4 is 10.6 Å². The van der Waals surface area contributed by atoms with E-state index in [2.05, 4.69) is 20.7 Å². The lowest BCUT2D eigenvalue weighted by atomic mass is 10.2. The summed E-state index contributed by atoms with van der Waals surface area (Å²) in [5.74, 6) is -0.0851. The zero-order valence-electron chi connectivity index (χ0n) is 15.8. The number of halogens is 4. The quantitative estimate of drug-likeness (QED) is 0.507. The maximum Gasteiger partial charge on any atom is 0.434 e. The van der Waals surface area contributed by atoms with Crippen molar-refractivity contribution in [2.75, 3.05) is 18.4 Å². The predicted octanol–water partition coefficient (Wildman–Crippen LogP) is 4.56. The Kier molecular flexibility index (Phi) is 6.94. The fourth-order valence-electron chi connectivity index (χ4n) is 2.82. The van der Waals surface area contributed by atoms with E-state index in [-0.39, 0.29) is 17.3 Å². The largest absolute Gasteiger partial charge is 0.434 e. The average molecular weight is 438 g/mol. The topological polar surface area (TPSA) is 71.8 Å². The van der Waals surface area contributed by atoms with Crippen molar-refractivity contribution >= 4 is 23.3 Å². The van der Waals surface area contributed by atoms with Crippen molar-refractivity contribution in [1.29, 1.82) is 0 Å². The van der Waals surface area contributed by atoms with E-state index in [4.69, 9.17) is 11.6 Å². The predicted molar refractivity (Wildman–Crippen MR) is 108 cm³/mol. The molecule has 0 aliphatic carbocycles. The first-order valence-electron chi connectivity index (χ1n) is 9.20. The molecule has 2 N–H and O–H groups in total. The molecule has 0 saturated heterocycles. The first-order chi connectivity index (χ1) is 14.4. The third-order valence-corrected chi connectivity index (χ3v) is 4.43. The number of anilines is 1. The van der Waals surface area contributed by atoms with Crippen molar-refractivity contribution in [2.24, 2.45) is 0 Å². The molecule has 10 heteroatoms. The number of aromatic nitrogens is 3. The van der Waals surface area contributed by atoms with Gasteiger partial charge >= 0.3 is 6.18 Å². The van der Waals surface area contributed by atoms with Gasteiger partial charge in [0, 0.05) is 24.3 Å². The van der Waals surface area contributed by atoms with E-state index in [1.807, 2.05) is 18.2 Å². The van der Waals surface area contributed by atoms with Crippen LogP contribution in [0.5, 0.6) is 0 Å². The van der Waals surface area contributed by atoms with Gasteiger partial charge in [-0.15, -0.1) is 0 Å². The Labute approximate surface area is 176 Å². The second kappa shape index (κ2) is 9.62. The number of hydrogen-bond donors (Lipinski definition) is 2. The van der Waals surface area contributed by atoms with Gasteiger partial charge in [-0.1, -0.05) is 23.7 Å². The smallest absolute Gasteiger partial charge is 0.370 e. The highest BCUT2D eigenvalue weighted by molar-refractivity contribution is 6.30. The summed E-state index contributed by atoms with van der Waals surface area (Å²) >= 11 is 5.87. The normalized spacial score (nSPS) is 11.3. The Hall–Kier alpha value is -3.07. The second-order valence-corrected chi connectivity index (χ2v) is 6.84. The summed E-state index contributed by atoms with van der Waals surface area (Å²) in [7, 11) is 0. The SMILES string of the molecule is O=C(NCCCCNc1ccccn1)c1cnn(-c2cccc(Cl)c2)c1C(F)(F)F. The number of nitrogens with zero attached hydrogens (tertiary/aromatic N) is 3. The van der Waals surface area contributed by atoms with Gasteiger partial charge in [-0.25, -0.2) is 9.67 Å². The lowest BCUT2D eigenvalue weighted by Gasteiger charge is -2.13. The Morgan fingerprint density at radius 2 is 1.90 bits per heavy atom. The van der Waals surface area contributed by atoms with Crippen LogP contribution in [-0.2, 0) is 6.18 Å². The van der Waals surface area contributed by atoms with Crippen LogP contribution in [0.25, 0.3) is 5.69 Å². The molecule has 0 unspecified atom stereocenters. The number of benzene rings is 1. The highest BCUT2D eigenvalue weighted by Crippen LogP contribution is 2.34. The van der Waals surface area contributed by atoms with Gasteiger partial charge in [0.15, 0.2) is 5.69 Å². The molecule has 0 radical (unpaired) electrons. The number of pyridine rings is 1. The van der Waals surface area contributed by atoms with Gasteiger partial charge in [0.25, 0.3) is 5.91 Å². The number of carbonyl (C=O) groups is 1. The lowest BCUT2D eigenvalue weighted by Crippen LogP contribution is -2.27. The van der Waals surface area contributed by atoms with Gasteiger partial charge < -0.3 is 10.6 Å². The monoisotopic (exact) mass is 437 g/mol. The Balaban J connectivity index is 1.60. The van der Waals surface area contributed by atoms with Crippen molar-refractivity contribution in [2.45, 2.75) is 19.0 Å². The molecular weight excluding hydrogens is 419 g/mol. The molecule has 3 rings (SSSR count). The van der Waals surface area contributed by atoms with E-state index in [0.29, 0.717) is 24.1 Å². The molecule has 1 amide bonds. The third kappa shape index (κ3) is 5.50. The summed E-state index contributed by atoms with van der Waals surface area (Å²) in [5, 5.41) is 9.68. The summed E-state index contributed by atoms with van der Waals surface area (Å²) < 4.78 is 41.6. The van der Waals surface area contributed by atoms with Gasteiger partial charge in [0.05, 0.1) is 17.4 Å². The van der Waals surface area contributed by atoms with Crippen molar-refractivity contribution in [3.8, 4) is 5.69 Å². The molecule has 2 heterocycles. The number of carbonyl (C=O) groups excluding carboxylic acids is 1. The number of nitrogens with one attached hydrogen (secondary N) is 2. The molecule has 0 atom stereocenters. The number of alkyl halides is 3. The van der Waals surface area contributed by atoms with Crippen molar-refractivity contribution in [3.05, 3.63) is 71.1 Å². The maximum atomic E-state index is 13.7. The molecule has 1 aromatic carbocycles. The highest BCUT2D eigenvalue weighted by Gasteiger charge is 2.40. The van der Waals surface area contributed by atoms with Crippen molar-refractivity contribution in [1.82, 2.24) is 20.1 Å². The molecule has 6 nitrogen and oxygen atoms in total. The zero-order chi connectivity index (χ0) is 21.6. The van der Waals surface area contributed by atoms with Gasteiger partial charge in [-0.05, 0) is 43.2 Å².